The van der Waals surface area contributed by atoms with Gasteiger partial charge in [0, 0.05) is 44.5 Å². The van der Waals surface area contributed by atoms with Gasteiger partial charge in [-0.25, -0.2) is 0 Å². The normalized spacial score (nSPS) is 19.7. The maximum Gasteiger partial charge on any atom is 0.323 e. The minimum Gasteiger partial charge on any atom is -0.480 e. The first-order valence-electron chi connectivity index (χ1n) is 9.73. The zero-order valence-electron chi connectivity index (χ0n) is 16.3. The summed E-state index contributed by atoms with van der Waals surface area (Å²) in [6, 6.07) is -0.209. The topological polar surface area (TPSA) is 108 Å². The number of carbonyl (C=O) groups excluding carboxylic acids is 3. The van der Waals surface area contributed by atoms with Crippen LogP contribution in [0.1, 0.15) is 71.3 Å². The van der Waals surface area contributed by atoms with Crippen molar-refractivity contribution in [3.05, 3.63) is 22.6 Å². The maximum atomic E-state index is 13.0. The molecule has 0 spiro atoms. The van der Waals surface area contributed by atoms with Crippen LogP contribution in [0.25, 0.3) is 0 Å². The Kier molecular flexibility index (Phi) is 5.86. The Labute approximate surface area is 163 Å². The fourth-order valence-corrected chi connectivity index (χ4v) is 4.23. The first kappa shape index (κ1) is 20.1. The van der Waals surface area contributed by atoms with Crippen LogP contribution in [0.2, 0.25) is 0 Å². The van der Waals surface area contributed by atoms with Crippen molar-refractivity contribution < 1.29 is 28.7 Å². The van der Waals surface area contributed by atoms with Crippen LogP contribution in [0.15, 0.2) is 4.42 Å². The van der Waals surface area contributed by atoms with Gasteiger partial charge in [-0.2, -0.15) is 0 Å². The molecular formula is C20H26N2O6. The molecule has 1 saturated heterocycles. The van der Waals surface area contributed by atoms with E-state index in [9.17, 15) is 19.2 Å². The van der Waals surface area contributed by atoms with Crippen LogP contribution in [0.5, 0.6) is 0 Å². The highest BCUT2D eigenvalue weighted by Gasteiger charge is 2.33. The second-order valence-corrected chi connectivity index (χ2v) is 7.55. The first-order chi connectivity index (χ1) is 13.3. The zero-order valence-corrected chi connectivity index (χ0v) is 16.3. The maximum absolute atomic E-state index is 13.0. The number of aliphatic carboxylic acids is 1. The lowest BCUT2D eigenvalue weighted by Crippen LogP contribution is -2.43. The van der Waals surface area contributed by atoms with E-state index in [0.29, 0.717) is 62.1 Å². The van der Waals surface area contributed by atoms with Gasteiger partial charge in [0.25, 0.3) is 5.91 Å². The number of ketones is 1. The second kappa shape index (κ2) is 8.16. The fourth-order valence-electron chi connectivity index (χ4n) is 4.23. The highest BCUT2D eigenvalue weighted by molar-refractivity contribution is 6.03. The largest absolute Gasteiger partial charge is 0.480 e. The van der Waals surface area contributed by atoms with Gasteiger partial charge < -0.3 is 19.3 Å². The molecule has 2 amide bonds. The molecule has 28 heavy (non-hydrogen) atoms. The van der Waals surface area contributed by atoms with Crippen molar-refractivity contribution in [2.24, 2.45) is 0 Å². The van der Waals surface area contributed by atoms with Crippen molar-refractivity contribution in [2.45, 2.75) is 58.4 Å². The lowest BCUT2D eigenvalue weighted by molar-refractivity contribution is -0.145. The van der Waals surface area contributed by atoms with Crippen LogP contribution in [0.4, 0.5) is 0 Å². The number of likely N-dealkylation sites (tertiary alicyclic amines) is 1. The molecular weight excluding hydrogens is 364 g/mol. The number of Topliss-reactive ketones (excluding diaryl/α,β-unsaturated/α-hetero) is 1. The summed E-state index contributed by atoms with van der Waals surface area (Å²) in [5, 5.41) is 9.06. The molecule has 0 radical (unpaired) electrons. The number of aryl methyl sites for hydroxylation is 1. The fraction of sp³-hybridized carbons (Fsp3) is 0.600. The third-order valence-corrected chi connectivity index (χ3v) is 5.64. The number of hydrogen-bond acceptors (Lipinski definition) is 5. The number of rotatable bonds is 4. The smallest absolute Gasteiger partial charge is 0.323 e. The summed E-state index contributed by atoms with van der Waals surface area (Å²) in [5.41, 5.74) is 1.17. The van der Waals surface area contributed by atoms with Gasteiger partial charge >= 0.3 is 5.97 Å². The number of furan rings is 1. The Bertz CT molecular complexity index is 812. The first-order valence-corrected chi connectivity index (χ1v) is 9.73. The lowest BCUT2D eigenvalue weighted by atomic mass is 9.94. The van der Waals surface area contributed by atoms with Crippen molar-refractivity contribution in [3.63, 3.8) is 0 Å². The Morgan fingerprint density at radius 3 is 2.57 bits per heavy atom. The standard InChI is InChI=1S/C20H26N2O6/c1-12-18-15(24)6-3-7-16(18)28-19(12)20(27)21-9-4-5-14(8-10-21)22(13(2)23)11-17(25)26/h14H,3-11H2,1-2H3,(H,25,26). The van der Waals surface area contributed by atoms with E-state index in [1.807, 2.05) is 0 Å². The van der Waals surface area contributed by atoms with E-state index in [-0.39, 0.29) is 35.9 Å². The van der Waals surface area contributed by atoms with Gasteiger partial charge in [-0.05, 0) is 32.6 Å². The molecule has 0 saturated carbocycles. The monoisotopic (exact) mass is 390 g/mol. The van der Waals surface area contributed by atoms with E-state index in [0.717, 1.165) is 6.42 Å². The van der Waals surface area contributed by atoms with Crippen molar-refractivity contribution in [2.75, 3.05) is 19.6 Å². The number of nitrogens with zero attached hydrogens (tertiary/aromatic N) is 2. The molecule has 1 atom stereocenters. The molecule has 2 aliphatic rings. The minimum atomic E-state index is -1.05. The van der Waals surface area contributed by atoms with E-state index in [4.69, 9.17) is 9.52 Å². The molecule has 8 nitrogen and oxygen atoms in total. The van der Waals surface area contributed by atoms with Crippen molar-refractivity contribution in [1.29, 1.82) is 0 Å². The molecule has 8 heteroatoms. The molecule has 1 aliphatic heterocycles. The molecule has 152 valence electrons. The number of carboxylic acid groups (broad SMARTS) is 1. The van der Waals surface area contributed by atoms with E-state index in [1.54, 1.807) is 11.8 Å². The van der Waals surface area contributed by atoms with Gasteiger partial charge in [0.15, 0.2) is 11.5 Å². The SMILES string of the molecule is CC(=O)N(CC(=O)O)C1CCCN(C(=O)c2oc3c(c2C)C(=O)CCC3)CC1. The summed E-state index contributed by atoms with van der Waals surface area (Å²) in [6.45, 7) is 3.70. The quantitative estimate of drug-likeness (QED) is 0.843. The zero-order chi connectivity index (χ0) is 20.4. The van der Waals surface area contributed by atoms with Gasteiger partial charge in [-0.1, -0.05) is 0 Å². The summed E-state index contributed by atoms with van der Waals surface area (Å²) in [7, 11) is 0. The summed E-state index contributed by atoms with van der Waals surface area (Å²) in [5.74, 6) is -0.702. The van der Waals surface area contributed by atoms with Crippen molar-refractivity contribution >= 4 is 23.6 Å². The molecule has 1 unspecified atom stereocenters. The Morgan fingerprint density at radius 2 is 1.93 bits per heavy atom. The predicted octanol–water partition coefficient (Wildman–Crippen LogP) is 2.03. The van der Waals surface area contributed by atoms with Crippen LogP contribution in [-0.2, 0) is 16.0 Å². The summed E-state index contributed by atoms with van der Waals surface area (Å²) < 4.78 is 5.77. The third-order valence-electron chi connectivity index (χ3n) is 5.64. The van der Waals surface area contributed by atoms with Gasteiger partial charge in [0.1, 0.15) is 12.3 Å². The molecule has 1 aliphatic carbocycles. The van der Waals surface area contributed by atoms with E-state index >= 15 is 0 Å². The summed E-state index contributed by atoms with van der Waals surface area (Å²) >= 11 is 0. The Hall–Kier alpha value is -2.64. The highest BCUT2D eigenvalue weighted by atomic mass is 16.4. The molecule has 0 bridgehead atoms. The van der Waals surface area contributed by atoms with Crippen LogP contribution >= 0.6 is 0 Å². The van der Waals surface area contributed by atoms with Gasteiger partial charge in [0.2, 0.25) is 5.91 Å². The van der Waals surface area contributed by atoms with E-state index in [1.165, 1.54) is 11.8 Å². The lowest BCUT2D eigenvalue weighted by Gasteiger charge is -2.28. The number of carbonyl (C=O) groups is 4. The van der Waals surface area contributed by atoms with E-state index in [2.05, 4.69) is 0 Å². The Balaban J connectivity index is 1.74. The van der Waals surface area contributed by atoms with Crippen molar-refractivity contribution in [3.8, 4) is 0 Å². The molecule has 3 rings (SSSR count). The highest BCUT2D eigenvalue weighted by Crippen LogP contribution is 2.30. The van der Waals surface area contributed by atoms with Crippen LogP contribution in [0, 0.1) is 6.92 Å². The number of amides is 2. The number of fused-ring (bicyclic) bond motifs is 1. The summed E-state index contributed by atoms with van der Waals surface area (Å²) in [4.78, 5) is 51.2. The van der Waals surface area contributed by atoms with Gasteiger partial charge in [0.05, 0.1) is 5.56 Å². The molecule has 1 aromatic heterocycles. The average Bonchev–Trinajstić information content (AvgIpc) is 2.82. The average molecular weight is 390 g/mol. The Morgan fingerprint density at radius 1 is 1.18 bits per heavy atom. The second-order valence-electron chi connectivity index (χ2n) is 7.55. The molecule has 1 aromatic rings. The molecule has 2 heterocycles. The summed E-state index contributed by atoms with van der Waals surface area (Å²) in [6.07, 6.45) is 3.71. The number of hydrogen-bond donors (Lipinski definition) is 1. The third kappa shape index (κ3) is 3.95. The van der Waals surface area contributed by atoms with E-state index < -0.39 is 5.97 Å². The molecule has 0 aromatic carbocycles. The van der Waals surface area contributed by atoms with Crippen molar-refractivity contribution in [1.82, 2.24) is 9.80 Å². The van der Waals surface area contributed by atoms with Gasteiger partial charge in [-0.15, -0.1) is 0 Å². The molecule has 1 fully saturated rings. The molecule has 1 N–H and O–H groups in total. The minimum absolute atomic E-state index is 0.0308. The van der Waals surface area contributed by atoms with Crippen LogP contribution in [-0.4, -0.2) is 64.1 Å². The predicted molar refractivity (Wildman–Crippen MR) is 99.3 cm³/mol. The van der Waals surface area contributed by atoms with Crippen LogP contribution in [0.3, 0.4) is 0 Å². The van der Waals surface area contributed by atoms with Gasteiger partial charge in [-0.3, -0.25) is 19.2 Å². The number of carboxylic acids is 1. The van der Waals surface area contributed by atoms with Crippen LogP contribution < -0.4 is 0 Å².